The lowest BCUT2D eigenvalue weighted by atomic mass is 9.78. The van der Waals surface area contributed by atoms with Crippen LogP contribution in [0.5, 0.6) is 0 Å². The summed E-state index contributed by atoms with van der Waals surface area (Å²) in [4.78, 5) is 2.53. The summed E-state index contributed by atoms with van der Waals surface area (Å²) >= 11 is 0. The molecule has 0 saturated heterocycles. The molecule has 1 aliphatic rings. The van der Waals surface area contributed by atoms with Crippen molar-refractivity contribution in [2.45, 2.75) is 71.9 Å². The van der Waals surface area contributed by atoms with Gasteiger partial charge in [0.25, 0.3) is 0 Å². The molecular weight excluding hydrogens is 210 g/mol. The maximum atomic E-state index is 10.2. The molecule has 4 unspecified atom stereocenters. The van der Waals surface area contributed by atoms with E-state index in [2.05, 4.69) is 32.6 Å². The second-order valence-electron chi connectivity index (χ2n) is 5.76. The van der Waals surface area contributed by atoms with Crippen molar-refractivity contribution in [3.05, 3.63) is 0 Å². The molecule has 1 N–H and O–H groups in total. The van der Waals surface area contributed by atoms with Gasteiger partial charge in [-0.1, -0.05) is 27.2 Å². The van der Waals surface area contributed by atoms with Gasteiger partial charge in [-0.15, -0.1) is 0 Å². The summed E-state index contributed by atoms with van der Waals surface area (Å²) in [6.07, 6.45) is 5.89. The Kier molecular flexibility index (Phi) is 6.50. The lowest BCUT2D eigenvalue weighted by molar-refractivity contribution is 0.0204. The number of hydrogen-bond acceptors (Lipinski definition) is 2. The van der Waals surface area contributed by atoms with E-state index in [0.717, 1.165) is 25.4 Å². The average molecular weight is 241 g/mol. The largest absolute Gasteiger partial charge is 0.393 e. The molecule has 0 spiro atoms. The summed E-state index contributed by atoms with van der Waals surface area (Å²) in [6.45, 7) is 11.3. The Morgan fingerprint density at radius 1 is 1.24 bits per heavy atom. The molecule has 0 aromatic heterocycles. The highest BCUT2D eigenvalue weighted by molar-refractivity contribution is 4.82. The van der Waals surface area contributed by atoms with E-state index in [-0.39, 0.29) is 6.10 Å². The van der Waals surface area contributed by atoms with E-state index in [0.29, 0.717) is 12.0 Å². The molecule has 1 aliphatic carbocycles. The highest BCUT2D eigenvalue weighted by atomic mass is 16.3. The molecule has 2 nitrogen and oxygen atoms in total. The third-order valence-electron chi connectivity index (χ3n) is 4.72. The maximum Gasteiger partial charge on any atom is 0.0580 e. The molecule has 2 heteroatoms. The first-order valence-electron chi connectivity index (χ1n) is 7.54. The second-order valence-corrected chi connectivity index (χ2v) is 5.76. The van der Waals surface area contributed by atoms with Gasteiger partial charge in [0, 0.05) is 12.6 Å². The van der Waals surface area contributed by atoms with Crippen LogP contribution in [0, 0.1) is 11.8 Å². The minimum Gasteiger partial charge on any atom is -0.393 e. The molecule has 1 rings (SSSR count). The van der Waals surface area contributed by atoms with Gasteiger partial charge in [-0.3, -0.25) is 0 Å². The fourth-order valence-corrected chi connectivity index (χ4v) is 3.09. The van der Waals surface area contributed by atoms with E-state index in [4.69, 9.17) is 0 Å². The quantitative estimate of drug-likeness (QED) is 0.771. The Labute approximate surface area is 107 Å². The lowest BCUT2D eigenvalue weighted by Crippen LogP contribution is -2.42. The van der Waals surface area contributed by atoms with Gasteiger partial charge in [-0.25, -0.2) is 0 Å². The molecule has 0 radical (unpaired) electrons. The highest BCUT2D eigenvalue weighted by Gasteiger charge is 2.30. The molecule has 1 fully saturated rings. The smallest absolute Gasteiger partial charge is 0.0580 e. The molecule has 102 valence electrons. The van der Waals surface area contributed by atoms with Gasteiger partial charge in [-0.05, 0) is 51.0 Å². The molecule has 1 saturated carbocycles. The van der Waals surface area contributed by atoms with Crippen molar-refractivity contribution >= 4 is 0 Å². The van der Waals surface area contributed by atoms with Crippen molar-refractivity contribution in [2.75, 3.05) is 13.1 Å². The van der Waals surface area contributed by atoms with Gasteiger partial charge in [0.15, 0.2) is 0 Å². The standard InChI is InChI=1S/C15H31NO/c1-5-12(4)16(7-3)11-14-10-13(6-2)8-9-15(14)17/h12-15,17H,5-11H2,1-4H3. The van der Waals surface area contributed by atoms with Crippen LogP contribution in [-0.2, 0) is 0 Å². The van der Waals surface area contributed by atoms with Crippen molar-refractivity contribution in [2.24, 2.45) is 11.8 Å². The van der Waals surface area contributed by atoms with Crippen molar-refractivity contribution in [3.63, 3.8) is 0 Å². The Bertz CT molecular complexity index is 207. The molecule has 0 aromatic carbocycles. The normalized spacial score (nSPS) is 31.8. The summed E-state index contributed by atoms with van der Waals surface area (Å²) in [5.74, 6) is 1.35. The molecular formula is C15H31NO. The predicted molar refractivity (Wildman–Crippen MR) is 74.1 cm³/mol. The zero-order valence-electron chi connectivity index (χ0n) is 12.2. The summed E-state index contributed by atoms with van der Waals surface area (Å²) in [5, 5.41) is 10.2. The van der Waals surface area contributed by atoms with Crippen LogP contribution >= 0.6 is 0 Å². The molecule has 0 heterocycles. The van der Waals surface area contributed by atoms with Crippen LogP contribution in [0.2, 0.25) is 0 Å². The minimum atomic E-state index is -0.0593. The molecule has 4 atom stereocenters. The average Bonchev–Trinajstić information content (AvgIpc) is 2.36. The topological polar surface area (TPSA) is 23.5 Å². The van der Waals surface area contributed by atoms with Crippen LogP contribution in [0.3, 0.4) is 0 Å². The van der Waals surface area contributed by atoms with E-state index in [1.54, 1.807) is 0 Å². The van der Waals surface area contributed by atoms with Gasteiger partial charge in [0.2, 0.25) is 0 Å². The van der Waals surface area contributed by atoms with E-state index < -0.39 is 0 Å². The first-order chi connectivity index (χ1) is 8.12. The van der Waals surface area contributed by atoms with Crippen LogP contribution < -0.4 is 0 Å². The Morgan fingerprint density at radius 2 is 1.94 bits per heavy atom. The second kappa shape index (κ2) is 7.38. The third kappa shape index (κ3) is 4.26. The molecule has 17 heavy (non-hydrogen) atoms. The van der Waals surface area contributed by atoms with Gasteiger partial charge in [0.05, 0.1) is 6.10 Å². The Balaban J connectivity index is 2.51. The lowest BCUT2D eigenvalue weighted by Gasteiger charge is -2.38. The molecule has 0 bridgehead atoms. The number of nitrogens with zero attached hydrogens (tertiary/aromatic N) is 1. The first kappa shape index (κ1) is 15.0. The third-order valence-corrected chi connectivity index (χ3v) is 4.72. The summed E-state index contributed by atoms with van der Waals surface area (Å²) in [7, 11) is 0. The van der Waals surface area contributed by atoms with Crippen LogP contribution in [0.15, 0.2) is 0 Å². The summed E-state index contributed by atoms with van der Waals surface area (Å²) < 4.78 is 0. The minimum absolute atomic E-state index is 0.0593. The summed E-state index contributed by atoms with van der Waals surface area (Å²) in [6, 6.07) is 0.647. The number of aliphatic hydroxyl groups excluding tert-OH is 1. The van der Waals surface area contributed by atoms with Crippen molar-refractivity contribution in [1.82, 2.24) is 4.90 Å². The van der Waals surface area contributed by atoms with Crippen LogP contribution in [-0.4, -0.2) is 35.2 Å². The van der Waals surface area contributed by atoms with Crippen LogP contribution in [0.1, 0.15) is 59.8 Å². The molecule has 0 aromatic rings. The SMILES string of the molecule is CCC1CCC(O)C(CN(CC)C(C)CC)C1. The van der Waals surface area contributed by atoms with Gasteiger partial charge < -0.3 is 10.0 Å². The van der Waals surface area contributed by atoms with E-state index >= 15 is 0 Å². The van der Waals surface area contributed by atoms with E-state index in [1.807, 2.05) is 0 Å². The fraction of sp³-hybridized carbons (Fsp3) is 1.00. The van der Waals surface area contributed by atoms with Crippen molar-refractivity contribution in [3.8, 4) is 0 Å². The Hall–Kier alpha value is -0.0800. The monoisotopic (exact) mass is 241 g/mol. The van der Waals surface area contributed by atoms with E-state index in [9.17, 15) is 5.11 Å². The Morgan fingerprint density at radius 3 is 2.47 bits per heavy atom. The number of rotatable bonds is 6. The van der Waals surface area contributed by atoms with Crippen molar-refractivity contribution in [1.29, 1.82) is 0 Å². The zero-order chi connectivity index (χ0) is 12.8. The zero-order valence-corrected chi connectivity index (χ0v) is 12.2. The van der Waals surface area contributed by atoms with E-state index in [1.165, 1.54) is 25.7 Å². The van der Waals surface area contributed by atoms with Gasteiger partial charge >= 0.3 is 0 Å². The van der Waals surface area contributed by atoms with Gasteiger partial charge in [0.1, 0.15) is 0 Å². The van der Waals surface area contributed by atoms with Crippen LogP contribution in [0.4, 0.5) is 0 Å². The van der Waals surface area contributed by atoms with Crippen LogP contribution in [0.25, 0.3) is 0 Å². The maximum absolute atomic E-state index is 10.2. The number of hydrogen-bond donors (Lipinski definition) is 1. The predicted octanol–water partition coefficient (Wildman–Crippen LogP) is 3.29. The summed E-state index contributed by atoms with van der Waals surface area (Å²) in [5.41, 5.74) is 0. The van der Waals surface area contributed by atoms with Gasteiger partial charge in [-0.2, -0.15) is 0 Å². The molecule has 0 aliphatic heterocycles. The fourth-order valence-electron chi connectivity index (χ4n) is 3.09. The van der Waals surface area contributed by atoms with Crippen molar-refractivity contribution < 1.29 is 5.11 Å². The molecule has 0 amide bonds. The number of aliphatic hydroxyl groups is 1. The highest BCUT2D eigenvalue weighted by Crippen LogP contribution is 2.32. The first-order valence-corrected chi connectivity index (χ1v) is 7.54.